The predicted octanol–water partition coefficient (Wildman–Crippen LogP) is 3.53. The number of hydrogen-bond donors (Lipinski definition) is 1. The van der Waals surface area contributed by atoms with Gasteiger partial charge in [0.15, 0.2) is 0 Å². The molecule has 0 bridgehead atoms. The molecule has 0 unspecified atom stereocenters. The molecule has 1 spiro atoms. The largest absolute Gasteiger partial charge is 0.326 e. The van der Waals surface area contributed by atoms with Gasteiger partial charge in [-0.3, -0.25) is 14.7 Å². The normalized spacial score (nSPS) is 19.2. The summed E-state index contributed by atoms with van der Waals surface area (Å²) in [5, 5.41) is 3.37. The Labute approximate surface area is 160 Å². The van der Waals surface area contributed by atoms with E-state index in [-0.39, 0.29) is 17.4 Å². The first-order valence-electron chi connectivity index (χ1n) is 8.79. The SMILES string of the molecule is O=C1NC2(CCN(Cc3c(F)cccc3Cl)CC2)N=C1c1cccc(F)c1. The molecular weight excluding hydrogens is 372 g/mol. The third kappa shape index (κ3) is 3.59. The molecule has 0 atom stereocenters. The molecule has 0 radical (unpaired) electrons. The molecule has 0 saturated carbocycles. The third-order valence-electron chi connectivity index (χ3n) is 5.11. The van der Waals surface area contributed by atoms with Crippen LogP contribution in [0.25, 0.3) is 0 Å². The first kappa shape index (κ1) is 18.1. The summed E-state index contributed by atoms with van der Waals surface area (Å²) in [6.45, 7) is 1.70. The van der Waals surface area contributed by atoms with E-state index in [0.29, 0.717) is 48.6 Å². The van der Waals surface area contributed by atoms with E-state index in [4.69, 9.17) is 11.6 Å². The zero-order valence-corrected chi connectivity index (χ0v) is 15.3. The lowest BCUT2D eigenvalue weighted by Crippen LogP contribution is -2.50. The van der Waals surface area contributed by atoms with Crippen LogP contribution in [-0.4, -0.2) is 35.3 Å². The second-order valence-electron chi connectivity index (χ2n) is 6.93. The fourth-order valence-electron chi connectivity index (χ4n) is 3.62. The minimum Gasteiger partial charge on any atom is -0.326 e. The average Bonchev–Trinajstić information content (AvgIpc) is 2.96. The van der Waals surface area contributed by atoms with Crippen molar-refractivity contribution in [2.24, 2.45) is 4.99 Å². The van der Waals surface area contributed by atoms with Gasteiger partial charge in [0.25, 0.3) is 5.91 Å². The van der Waals surface area contributed by atoms with E-state index in [1.165, 1.54) is 18.2 Å². The van der Waals surface area contributed by atoms with Crippen LogP contribution in [0, 0.1) is 11.6 Å². The van der Waals surface area contributed by atoms with Crippen molar-refractivity contribution < 1.29 is 13.6 Å². The quantitative estimate of drug-likeness (QED) is 0.872. The Morgan fingerprint density at radius 2 is 1.89 bits per heavy atom. The van der Waals surface area contributed by atoms with Crippen LogP contribution in [0.5, 0.6) is 0 Å². The molecule has 4 rings (SSSR count). The Kier molecular flexibility index (Phi) is 4.70. The Morgan fingerprint density at radius 1 is 1.15 bits per heavy atom. The van der Waals surface area contributed by atoms with Crippen molar-refractivity contribution in [2.75, 3.05) is 13.1 Å². The molecule has 1 saturated heterocycles. The number of halogens is 3. The molecule has 2 aromatic rings. The summed E-state index contributed by atoms with van der Waals surface area (Å²) in [5.41, 5.74) is 0.549. The number of nitrogens with one attached hydrogen (secondary N) is 1. The van der Waals surface area contributed by atoms with Crippen LogP contribution in [0.3, 0.4) is 0 Å². The summed E-state index contributed by atoms with van der Waals surface area (Å²) in [4.78, 5) is 19.1. The molecule has 1 amide bonds. The first-order valence-corrected chi connectivity index (χ1v) is 9.17. The average molecular weight is 390 g/mol. The van der Waals surface area contributed by atoms with E-state index in [1.807, 2.05) is 0 Å². The van der Waals surface area contributed by atoms with Gasteiger partial charge in [0.2, 0.25) is 0 Å². The van der Waals surface area contributed by atoms with Gasteiger partial charge >= 0.3 is 0 Å². The monoisotopic (exact) mass is 389 g/mol. The first-order chi connectivity index (χ1) is 13.0. The Hall–Kier alpha value is -2.31. The summed E-state index contributed by atoms with van der Waals surface area (Å²) in [5.74, 6) is -1.00. The van der Waals surface area contributed by atoms with Crippen molar-refractivity contribution >= 4 is 23.2 Å². The highest BCUT2D eigenvalue weighted by atomic mass is 35.5. The Bertz CT molecular complexity index is 903. The highest BCUT2D eigenvalue weighted by Gasteiger charge is 2.42. The molecule has 0 aliphatic carbocycles. The maximum atomic E-state index is 14.0. The lowest BCUT2D eigenvalue weighted by Gasteiger charge is -2.37. The number of carbonyl (C=O) groups excluding carboxylic acids is 1. The van der Waals surface area contributed by atoms with Gasteiger partial charge in [-0.15, -0.1) is 0 Å². The zero-order chi connectivity index (χ0) is 19.0. The minimum absolute atomic E-state index is 0.264. The van der Waals surface area contributed by atoms with Gasteiger partial charge in [0, 0.05) is 48.6 Å². The van der Waals surface area contributed by atoms with Crippen molar-refractivity contribution in [3.8, 4) is 0 Å². The molecule has 140 valence electrons. The van der Waals surface area contributed by atoms with Gasteiger partial charge in [-0.1, -0.05) is 29.8 Å². The molecule has 2 aromatic carbocycles. The van der Waals surface area contributed by atoms with Crippen molar-refractivity contribution in [2.45, 2.75) is 25.0 Å². The lowest BCUT2D eigenvalue weighted by atomic mass is 9.97. The number of benzene rings is 2. The van der Waals surface area contributed by atoms with Gasteiger partial charge < -0.3 is 5.32 Å². The highest BCUT2D eigenvalue weighted by molar-refractivity contribution is 6.46. The molecule has 2 heterocycles. The molecule has 0 aromatic heterocycles. The Morgan fingerprint density at radius 3 is 2.59 bits per heavy atom. The highest BCUT2D eigenvalue weighted by Crippen LogP contribution is 2.30. The number of amides is 1. The van der Waals surface area contributed by atoms with Crippen LogP contribution in [0.2, 0.25) is 5.02 Å². The Balaban J connectivity index is 1.48. The van der Waals surface area contributed by atoms with E-state index in [9.17, 15) is 13.6 Å². The lowest BCUT2D eigenvalue weighted by molar-refractivity contribution is -0.115. The van der Waals surface area contributed by atoms with Crippen molar-refractivity contribution in [1.82, 2.24) is 10.2 Å². The molecule has 1 N–H and O–H groups in total. The van der Waals surface area contributed by atoms with Crippen LogP contribution < -0.4 is 5.32 Å². The summed E-state index contributed by atoms with van der Waals surface area (Å²) in [7, 11) is 0. The molecule has 4 nitrogen and oxygen atoms in total. The number of carbonyl (C=O) groups is 1. The summed E-state index contributed by atoms with van der Waals surface area (Å²) in [6.07, 6.45) is 1.20. The van der Waals surface area contributed by atoms with Gasteiger partial charge in [-0.05, 0) is 24.3 Å². The van der Waals surface area contributed by atoms with E-state index in [2.05, 4.69) is 15.2 Å². The van der Waals surface area contributed by atoms with E-state index < -0.39 is 11.5 Å². The summed E-state index contributed by atoms with van der Waals surface area (Å²) >= 11 is 6.11. The molecule has 7 heteroatoms. The minimum atomic E-state index is -0.672. The predicted molar refractivity (Wildman–Crippen MR) is 99.7 cm³/mol. The molecule has 1 fully saturated rings. The number of aliphatic imine (C=N–C) groups is 1. The van der Waals surface area contributed by atoms with Crippen molar-refractivity contribution in [3.63, 3.8) is 0 Å². The van der Waals surface area contributed by atoms with Gasteiger partial charge in [-0.2, -0.15) is 0 Å². The van der Waals surface area contributed by atoms with Crippen molar-refractivity contribution in [1.29, 1.82) is 0 Å². The van der Waals surface area contributed by atoms with Crippen LogP contribution >= 0.6 is 11.6 Å². The second-order valence-corrected chi connectivity index (χ2v) is 7.34. The topological polar surface area (TPSA) is 44.7 Å². The van der Waals surface area contributed by atoms with E-state index in [0.717, 1.165) is 0 Å². The zero-order valence-electron chi connectivity index (χ0n) is 14.5. The number of hydrogen-bond acceptors (Lipinski definition) is 3. The maximum absolute atomic E-state index is 14.0. The smallest absolute Gasteiger partial charge is 0.272 e. The van der Waals surface area contributed by atoms with E-state index >= 15 is 0 Å². The summed E-state index contributed by atoms with van der Waals surface area (Å²) < 4.78 is 27.5. The second kappa shape index (κ2) is 7.02. The van der Waals surface area contributed by atoms with Crippen LogP contribution in [0.15, 0.2) is 47.5 Å². The number of rotatable bonds is 3. The maximum Gasteiger partial charge on any atom is 0.272 e. The van der Waals surface area contributed by atoms with Gasteiger partial charge in [0.05, 0.1) is 0 Å². The standard InChI is InChI=1S/C20H18ClF2N3O/c21-16-5-2-6-17(23)15(16)12-26-9-7-20(8-10-26)24-18(19(27)25-20)13-3-1-4-14(22)11-13/h1-6,11H,7-10,12H2,(H,25,27). The van der Waals surface area contributed by atoms with Crippen LogP contribution in [-0.2, 0) is 11.3 Å². The fourth-order valence-corrected chi connectivity index (χ4v) is 3.84. The number of nitrogens with zero attached hydrogens (tertiary/aromatic N) is 2. The third-order valence-corrected chi connectivity index (χ3v) is 5.47. The van der Waals surface area contributed by atoms with Crippen LogP contribution in [0.4, 0.5) is 8.78 Å². The number of piperidine rings is 1. The van der Waals surface area contributed by atoms with Gasteiger partial charge in [-0.25, -0.2) is 8.78 Å². The molecular formula is C20H18ClF2N3O. The number of likely N-dealkylation sites (tertiary alicyclic amines) is 1. The summed E-state index contributed by atoms with van der Waals surface area (Å²) in [6, 6.07) is 10.6. The molecule has 2 aliphatic rings. The molecule has 2 aliphatic heterocycles. The van der Waals surface area contributed by atoms with Gasteiger partial charge in [0.1, 0.15) is 23.0 Å². The van der Waals surface area contributed by atoms with Crippen LogP contribution in [0.1, 0.15) is 24.0 Å². The van der Waals surface area contributed by atoms with Crippen molar-refractivity contribution in [3.05, 3.63) is 70.2 Å². The fraction of sp³-hybridized carbons (Fsp3) is 0.300. The van der Waals surface area contributed by atoms with E-state index in [1.54, 1.807) is 24.3 Å². The molecule has 27 heavy (non-hydrogen) atoms.